The summed E-state index contributed by atoms with van der Waals surface area (Å²) in [5.74, 6) is 0. The van der Waals surface area contributed by atoms with Gasteiger partial charge in [-0.15, -0.1) is 0 Å². The van der Waals surface area contributed by atoms with Gasteiger partial charge < -0.3 is 10.6 Å². The summed E-state index contributed by atoms with van der Waals surface area (Å²) in [6.45, 7) is 6.51. The molecule has 0 aliphatic heterocycles. The second-order valence-electron chi connectivity index (χ2n) is 3.55. The molecule has 0 heterocycles. The van der Waals surface area contributed by atoms with Gasteiger partial charge in [0.25, 0.3) is 0 Å². The van der Waals surface area contributed by atoms with Gasteiger partial charge in [0.15, 0.2) is 0 Å². The van der Waals surface area contributed by atoms with Crippen molar-refractivity contribution in [3.63, 3.8) is 0 Å². The number of benzene rings is 2. The number of carbonyl (C=O) groups excluding carboxylic acids is 1. The van der Waals surface area contributed by atoms with Crippen molar-refractivity contribution in [2.75, 3.05) is 11.9 Å². The average Bonchev–Trinajstić information content (AvgIpc) is 2.41. The molecule has 0 radical (unpaired) electrons. The summed E-state index contributed by atoms with van der Waals surface area (Å²) in [6.07, 6.45) is 0. The molecule has 3 nitrogen and oxygen atoms in total. The first-order valence-electron chi connectivity index (χ1n) is 6.33. The van der Waals surface area contributed by atoms with Gasteiger partial charge >= 0.3 is 6.03 Å². The standard InChI is InChI=1S/C13H14N2O.C2H6/c1-2-14-13(16)15-12-8-7-10-5-3-4-6-11(10)9-12;1-2/h3-9H,2H2,1H3,(H2,14,15,16);1-2H3. The highest BCUT2D eigenvalue weighted by atomic mass is 16.2. The Hall–Kier alpha value is -2.03. The van der Waals surface area contributed by atoms with E-state index in [2.05, 4.69) is 10.6 Å². The summed E-state index contributed by atoms with van der Waals surface area (Å²) in [7, 11) is 0. The Morgan fingerprint density at radius 2 is 1.72 bits per heavy atom. The lowest BCUT2D eigenvalue weighted by atomic mass is 10.1. The van der Waals surface area contributed by atoms with E-state index < -0.39 is 0 Å². The molecular formula is C15H20N2O. The van der Waals surface area contributed by atoms with Crippen molar-refractivity contribution in [1.29, 1.82) is 0 Å². The summed E-state index contributed by atoms with van der Waals surface area (Å²) in [5, 5.41) is 7.77. The monoisotopic (exact) mass is 244 g/mol. The summed E-state index contributed by atoms with van der Waals surface area (Å²) in [4.78, 5) is 11.3. The third kappa shape index (κ3) is 3.77. The van der Waals surface area contributed by atoms with Crippen LogP contribution < -0.4 is 10.6 Å². The average molecular weight is 244 g/mol. The Kier molecular flexibility index (Phi) is 5.71. The van der Waals surface area contributed by atoms with Crippen molar-refractivity contribution in [3.05, 3.63) is 42.5 Å². The van der Waals surface area contributed by atoms with Crippen molar-refractivity contribution < 1.29 is 4.79 Å². The zero-order valence-electron chi connectivity index (χ0n) is 11.2. The van der Waals surface area contributed by atoms with Crippen LogP contribution >= 0.6 is 0 Å². The first-order valence-corrected chi connectivity index (χ1v) is 6.33. The number of hydrogen-bond donors (Lipinski definition) is 2. The van der Waals surface area contributed by atoms with Crippen LogP contribution in [0.25, 0.3) is 10.8 Å². The molecule has 0 saturated carbocycles. The van der Waals surface area contributed by atoms with Crippen LogP contribution in [0.1, 0.15) is 20.8 Å². The Bertz CT molecular complexity index is 509. The Balaban J connectivity index is 0.000000771. The SMILES string of the molecule is CC.CCNC(=O)Nc1ccc2ccccc2c1. The van der Waals surface area contributed by atoms with Crippen molar-refractivity contribution in [1.82, 2.24) is 5.32 Å². The molecule has 2 N–H and O–H groups in total. The van der Waals surface area contributed by atoms with Gasteiger partial charge in [0.05, 0.1) is 0 Å². The zero-order valence-corrected chi connectivity index (χ0v) is 11.2. The van der Waals surface area contributed by atoms with E-state index in [0.29, 0.717) is 6.54 Å². The van der Waals surface area contributed by atoms with Gasteiger partial charge in [-0.25, -0.2) is 4.79 Å². The first-order chi connectivity index (χ1) is 8.79. The molecular weight excluding hydrogens is 224 g/mol. The molecule has 0 spiro atoms. The summed E-state index contributed by atoms with van der Waals surface area (Å²) < 4.78 is 0. The van der Waals surface area contributed by atoms with Crippen LogP contribution in [-0.4, -0.2) is 12.6 Å². The van der Waals surface area contributed by atoms with Crippen molar-refractivity contribution in [2.45, 2.75) is 20.8 Å². The van der Waals surface area contributed by atoms with Crippen LogP contribution in [0.5, 0.6) is 0 Å². The van der Waals surface area contributed by atoms with Crippen LogP contribution in [0.15, 0.2) is 42.5 Å². The van der Waals surface area contributed by atoms with E-state index in [1.807, 2.05) is 63.2 Å². The van der Waals surface area contributed by atoms with Crippen molar-refractivity contribution >= 4 is 22.5 Å². The minimum Gasteiger partial charge on any atom is -0.338 e. The minimum absolute atomic E-state index is 0.169. The molecule has 0 aromatic heterocycles. The quantitative estimate of drug-likeness (QED) is 0.823. The third-order valence-corrected chi connectivity index (χ3v) is 2.34. The Labute approximate surface area is 108 Å². The van der Waals surface area contributed by atoms with Gasteiger partial charge in [-0.1, -0.05) is 44.2 Å². The molecule has 96 valence electrons. The van der Waals surface area contributed by atoms with E-state index in [9.17, 15) is 4.79 Å². The molecule has 2 rings (SSSR count). The molecule has 0 aliphatic carbocycles. The van der Waals surface area contributed by atoms with Gasteiger partial charge in [-0.3, -0.25) is 0 Å². The second kappa shape index (κ2) is 7.33. The van der Waals surface area contributed by atoms with Gasteiger partial charge in [-0.2, -0.15) is 0 Å². The lowest BCUT2D eigenvalue weighted by Gasteiger charge is -2.06. The predicted molar refractivity (Wildman–Crippen MR) is 78.0 cm³/mol. The molecule has 0 aliphatic rings. The smallest absolute Gasteiger partial charge is 0.319 e. The summed E-state index contributed by atoms with van der Waals surface area (Å²) >= 11 is 0. The van der Waals surface area contributed by atoms with E-state index in [1.165, 1.54) is 5.39 Å². The fraction of sp³-hybridized carbons (Fsp3) is 0.267. The fourth-order valence-corrected chi connectivity index (χ4v) is 1.60. The van der Waals surface area contributed by atoms with E-state index in [1.54, 1.807) is 0 Å². The number of nitrogens with one attached hydrogen (secondary N) is 2. The van der Waals surface area contributed by atoms with E-state index in [-0.39, 0.29) is 6.03 Å². The number of anilines is 1. The predicted octanol–water partition coefficient (Wildman–Crippen LogP) is 4.01. The molecule has 0 fully saturated rings. The number of amides is 2. The largest absolute Gasteiger partial charge is 0.338 e. The second-order valence-corrected chi connectivity index (χ2v) is 3.55. The summed E-state index contributed by atoms with van der Waals surface area (Å²) in [5.41, 5.74) is 0.810. The van der Waals surface area contributed by atoms with Gasteiger partial charge in [0, 0.05) is 12.2 Å². The zero-order chi connectivity index (χ0) is 13.4. The van der Waals surface area contributed by atoms with Crippen LogP contribution in [0.4, 0.5) is 10.5 Å². The fourth-order valence-electron chi connectivity index (χ4n) is 1.60. The first kappa shape index (κ1) is 14.0. The molecule has 0 atom stereocenters. The molecule has 0 unspecified atom stereocenters. The third-order valence-electron chi connectivity index (χ3n) is 2.34. The topological polar surface area (TPSA) is 41.1 Å². The highest BCUT2D eigenvalue weighted by molar-refractivity contribution is 5.93. The van der Waals surface area contributed by atoms with Crippen LogP contribution in [-0.2, 0) is 0 Å². The lowest BCUT2D eigenvalue weighted by Crippen LogP contribution is -2.28. The highest BCUT2D eigenvalue weighted by Gasteiger charge is 2.00. The molecule has 2 amide bonds. The Morgan fingerprint density at radius 3 is 2.39 bits per heavy atom. The van der Waals surface area contributed by atoms with E-state index in [4.69, 9.17) is 0 Å². The number of rotatable bonds is 2. The number of carbonyl (C=O) groups is 1. The maximum atomic E-state index is 11.3. The molecule has 0 saturated heterocycles. The van der Waals surface area contributed by atoms with Gasteiger partial charge in [0.1, 0.15) is 0 Å². The van der Waals surface area contributed by atoms with Crippen LogP contribution in [0.3, 0.4) is 0 Å². The Morgan fingerprint density at radius 1 is 1.06 bits per heavy atom. The molecule has 2 aromatic carbocycles. The lowest BCUT2D eigenvalue weighted by molar-refractivity contribution is 0.252. The van der Waals surface area contributed by atoms with Gasteiger partial charge in [-0.05, 0) is 29.8 Å². The normalized spacial score (nSPS) is 9.28. The van der Waals surface area contributed by atoms with E-state index in [0.717, 1.165) is 11.1 Å². The number of hydrogen-bond acceptors (Lipinski definition) is 1. The maximum Gasteiger partial charge on any atom is 0.319 e. The molecule has 3 heteroatoms. The molecule has 2 aromatic rings. The van der Waals surface area contributed by atoms with Crippen molar-refractivity contribution in [3.8, 4) is 0 Å². The highest BCUT2D eigenvalue weighted by Crippen LogP contribution is 2.18. The van der Waals surface area contributed by atoms with Crippen molar-refractivity contribution in [2.24, 2.45) is 0 Å². The number of fused-ring (bicyclic) bond motifs is 1. The number of urea groups is 1. The maximum absolute atomic E-state index is 11.3. The van der Waals surface area contributed by atoms with E-state index >= 15 is 0 Å². The van der Waals surface area contributed by atoms with Gasteiger partial charge in [0.2, 0.25) is 0 Å². The minimum atomic E-state index is -0.169. The summed E-state index contributed by atoms with van der Waals surface area (Å²) in [6, 6.07) is 13.7. The molecule has 18 heavy (non-hydrogen) atoms. The van der Waals surface area contributed by atoms with Crippen LogP contribution in [0.2, 0.25) is 0 Å². The van der Waals surface area contributed by atoms with Crippen LogP contribution in [0, 0.1) is 0 Å². The molecule has 0 bridgehead atoms.